The summed E-state index contributed by atoms with van der Waals surface area (Å²) in [7, 11) is 3.09. The van der Waals surface area contributed by atoms with Crippen molar-refractivity contribution in [3.8, 4) is 17.4 Å². The van der Waals surface area contributed by atoms with Gasteiger partial charge in [0.1, 0.15) is 0 Å². The number of hydrogen-bond acceptors (Lipinski definition) is 8. The molecular formula is C33H36N4O5. The molecule has 1 amide bonds. The molecule has 0 radical (unpaired) electrons. The Morgan fingerprint density at radius 3 is 2.43 bits per heavy atom. The maximum atomic E-state index is 14.1. The number of hydrogen-bond donors (Lipinski definition) is 3. The third kappa shape index (κ3) is 5.20. The second-order valence-electron chi connectivity index (χ2n) is 11.3. The van der Waals surface area contributed by atoms with Gasteiger partial charge in [0.05, 0.1) is 42.7 Å². The highest BCUT2D eigenvalue weighted by Gasteiger charge is 2.43. The second kappa shape index (κ2) is 11.5. The third-order valence-corrected chi connectivity index (χ3v) is 8.84. The number of aryl methyl sites for hydroxylation is 1. The van der Waals surface area contributed by atoms with Crippen molar-refractivity contribution in [1.29, 1.82) is 0 Å². The number of methoxy groups -OCH3 is 2. The van der Waals surface area contributed by atoms with Crippen LogP contribution in [0.3, 0.4) is 0 Å². The van der Waals surface area contributed by atoms with Gasteiger partial charge in [0, 0.05) is 19.2 Å². The molecule has 218 valence electrons. The van der Waals surface area contributed by atoms with E-state index in [1.807, 2.05) is 47.4 Å². The predicted octanol–water partition coefficient (Wildman–Crippen LogP) is 4.35. The van der Waals surface area contributed by atoms with E-state index in [4.69, 9.17) is 14.5 Å². The number of nitrogens with one attached hydrogen (secondary N) is 1. The van der Waals surface area contributed by atoms with Gasteiger partial charge < -0.3 is 29.9 Å². The number of anilines is 1. The summed E-state index contributed by atoms with van der Waals surface area (Å²) < 4.78 is 10.8. The van der Waals surface area contributed by atoms with Crippen LogP contribution in [0.15, 0.2) is 66.7 Å². The molecule has 3 N–H and O–H groups in total. The van der Waals surface area contributed by atoms with Crippen LogP contribution in [0.4, 0.5) is 5.95 Å². The Kier molecular flexibility index (Phi) is 7.60. The van der Waals surface area contributed by atoms with Gasteiger partial charge in [-0.15, -0.1) is 0 Å². The molecule has 2 aliphatic rings. The normalized spacial score (nSPS) is 19.6. The van der Waals surface area contributed by atoms with E-state index in [1.165, 1.54) is 7.11 Å². The molecule has 9 nitrogen and oxygen atoms in total. The van der Waals surface area contributed by atoms with Gasteiger partial charge in [-0.2, -0.15) is 4.98 Å². The van der Waals surface area contributed by atoms with Crippen molar-refractivity contribution >= 4 is 22.8 Å². The van der Waals surface area contributed by atoms with Crippen LogP contribution in [0.25, 0.3) is 10.9 Å². The topological polar surface area (TPSA) is 117 Å². The number of carbonyl (C=O) groups is 1. The molecule has 1 fully saturated rings. The van der Waals surface area contributed by atoms with Gasteiger partial charge in [0.2, 0.25) is 17.7 Å². The highest BCUT2D eigenvalue weighted by Crippen LogP contribution is 2.40. The number of aromatic hydroxyl groups is 1. The van der Waals surface area contributed by atoms with Crippen LogP contribution < -0.4 is 19.7 Å². The lowest BCUT2D eigenvalue weighted by atomic mass is 9.72. The van der Waals surface area contributed by atoms with E-state index in [0.29, 0.717) is 67.1 Å². The first kappa shape index (κ1) is 27.8. The van der Waals surface area contributed by atoms with Gasteiger partial charge in [0.25, 0.3) is 0 Å². The van der Waals surface area contributed by atoms with Gasteiger partial charge in [0.15, 0.2) is 11.5 Å². The number of aliphatic hydroxyl groups is 1. The van der Waals surface area contributed by atoms with Gasteiger partial charge in [-0.1, -0.05) is 54.6 Å². The average molecular weight is 569 g/mol. The zero-order chi connectivity index (χ0) is 29.3. The van der Waals surface area contributed by atoms with Crippen LogP contribution in [-0.4, -0.2) is 59.4 Å². The van der Waals surface area contributed by atoms with Crippen LogP contribution in [0.2, 0.25) is 0 Å². The Morgan fingerprint density at radius 2 is 1.69 bits per heavy atom. The van der Waals surface area contributed by atoms with E-state index in [9.17, 15) is 15.0 Å². The molecule has 3 aromatic carbocycles. The summed E-state index contributed by atoms with van der Waals surface area (Å²) in [5.41, 5.74) is 3.00. The van der Waals surface area contributed by atoms with Crippen molar-refractivity contribution in [3.63, 3.8) is 0 Å². The number of piperidine rings is 1. The third-order valence-electron chi connectivity index (χ3n) is 8.84. The summed E-state index contributed by atoms with van der Waals surface area (Å²) in [6.45, 7) is 1.07. The van der Waals surface area contributed by atoms with Crippen molar-refractivity contribution in [2.45, 2.75) is 44.2 Å². The SMILES string of the molecule is COc1cc2nc(N3CCC(Cc4ccccc4)(C(=O)NC4CCc5ccccc5C4O)CC3)nc(O)c2cc1OC. The number of amides is 1. The standard InChI is InChI=1S/C33H36N4O5/c1-41-27-18-24-26(19-28(27)42-2)35-32(36-30(24)39)37-16-14-33(15-17-37,20-21-8-4-3-5-9-21)31(40)34-25-13-12-22-10-6-7-11-23(22)29(25)38/h3-11,18-19,25,29,38H,12-17,20H2,1-2H3,(H,34,40)(H,35,36,39). The number of rotatable bonds is 7. The first-order chi connectivity index (χ1) is 20.4. The van der Waals surface area contributed by atoms with E-state index in [0.717, 1.165) is 23.1 Å². The van der Waals surface area contributed by atoms with Crippen molar-refractivity contribution in [2.24, 2.45) is 5.41 Å². The van der Waals surface area contributed by atoms with E-state index in [-0.39, 0.29) is 17.8 Å². The number of aromatic nitrogens is 2. The lowest BCUT2D eigenvalue weighted by Crippen LogP contribution is -2.54. The van der Waals surface area contributed by atoms with E-state index in [1.54, 1.807) is 19.2 Å². The summed E-state index contributed by atoms with van der Waals surface area (Å²) in [4.78, 5) is 25.3. The minimum absolute atomic E-state index is 0.0338. The highest BCUT2D eigenvalue weighted by atomic mass is 16.5. The summed E-state index contributed by atoms with van der Waals surface area (Å²) >= 11 is 0. The molecule has 42 heavy (non-hydrogen) atoms. The zero-order valence-electron chi connectivity index (χ0n) is 23.9. The Morgan fingerprint density at radius 1 is 1.00 bits per heavy atom. The number of benzene rings is 3. The molecule has 4 aromatic rings. The van der Waals surface area contributed by atoms with Crippen LogP contribution in [0, 0.1) is 5.41 Å². The van der Waals surface area contributed by atoms with Crippen molar-refractivity contribution < 1.29 is 24.5 Å². The van der Waals surface area contributed by atoms with Crippen LogP contribution >= 0.6 is 0 Å². The number of fused-ring (bicyclic) bond motifs is 2. The molecule has 9 heteroatoms. The van der Waals surface area contributed by atoms with Gasteiger partial charge >= 0.3 is 0 Å². The van der Waals surface area contributed by atoms with Crippen molar-refractivity contribution in [3.05, 3.63) is 83.4 Å². The van der Waals surface area contributed by atoms with Crippen LogP contribution in [0.5, 0.6) is 17.4 Å². The molecular weight excluding hydrogens is 532 g/mol. The Hall–Kier alpha value is -4.37. The largest absolute Gasteiger partial charge is 0.493 e. The van der Waals surface area contributed by atoms with Gasteiger partial charge in [-0.3, -0.25) is 4.79 Å². The zero-order valence-corrected chi connectivity index (χ0v) is 23.9. The number of nitrogens with zero attached hydrogens (tertiary/aromatic N) is 3. The van der Waals surface area contributed by atoms with Gasteiger partial charge in [-0.25, -0.2) is 4.98 Å². The van der Waals surface area contributed by atoms with E-state index < -0.39 is 11.5 Å². The highest BCUT2D eigenvalue weighted by molar-refractivity contribution is 5.88. The molecule has 2 atom stereocenters. The number of ether oxygens (including phenoxy) is 2. The molecule has 1 saturated heterocycles. The fourth-order valence-electron chi connectivity index (χ4n) is 6.38. The average Bonchev–Trinajstić information content (AvgIpc) is 3.02. The molecule has 1 aliphatic heterocycles. The lowest BCUT2D eigenvalue weighted by Gasteiger charge is -2.42. The molecule has 0 spiro atoms. The quantitative estimate of drug-likeness (QED) is 0.301. The molecule has 0 saturated carbocycles. The fraction of sp³-hybridized carbons (Fsp3) is 0.364. The van der Waals surface area contributed by atoms with Crippen LogP contribution in [-0.2, 0) is 17.6 Å². The minimum atomic E-state index is -0.739. The van der Waals surface area contributed by atoms with Crippen molar-refractivity contribution in [2.75, 3.05) is 32.2 Å². The molecule has 2 unspecified atom stereocenters. The van der Waals surface area contributed by atoms with E-state index >= 15 is 0 Å². The van der Waals surface area contributed by atoms with Crippen molar-refractivity contribution in [1.82, 2.24) is 15.3 Å². The summed E-state index contributed by atoms with van der Waals surface area (Å²) in [6, 6.07) is 21.0. The first-order valence-electron chi connectivity index (χ1n) is 14.4. The first-order valence-corrected chi connectivity index (χ1v) is 14.4. The van der Waals surface area contributed by atoms with Crippen LogP contribution in [0.1, 0.15) is 42.1 Å². The Balaban J connectivity index is 1.25. The smallest absolute Gasteiger partial charge is 0.229 e. The summed E-state index contributed by atoms with van der Waals surface area (Å²) in [5, 5.41) is 25.6. The fourth-order valence-corrected chi connectivity index (χ4v) is 6.38. The molecule has 1 aromatic heterocycles. The lowest BCUT2D eigenvalue weighted by molar-refractivity contribution is -0.134. The number of carbonyl (C=O) groups excluding carboxylic acids is 1. The summed E-state index contributed by atoms with van der Waals surface area (Å²) in [5.74, 6) is 1.23. The predicted molar refractivity (Wildman–Crippen MR) is 160 cm³/mol. The second-order valence-corrected chi connectivity index (χ2v) is 11.3. The Bertz CT molecular complexity index is 1590. The molecule has 2 heterocycles. The monoisotopic (exact) mass is 568 g/mol. The Labute approximate surface area is 245 Å². The molecule has 0 bridgehead atoms. The summed E-state index contributed by atoms with van der Waals surface area (Å²) in [6.07, 6.45) is 2.50. The maximum Gasteiger partial charge on any atom is 0.229 e. The van der Waals surface area contributed by atoms with Gasteiger partial charge in [-0.05, 0) is 54.9 Å². The maximum absolute atomic E-state index is 14.1. The van der Waals surface area contributed by atoms with E-state index in [2.05, 4.69) is 22.4 Å². The molecule has 1 aliphatic carbocycles. The number of aliphatic hydroxyl groups excluding tert-OH is 1. The minimum Gasteiger partial charge on any atom is -0.493 e. The molecule has 6 rings (SSSR count).